The van der Waals surface area contributed by atoms with Crippen LogP contribution in [0.1, 0.15) is 5.69 Å². The molecule has 0 fully saturated rings. The second-order valence-electron chi connectivity index (χ2n) is 3.85. The Morgan fingerprint density at radius 1 is 1.22 bits per heavy atom. The van der Waals surface area contributed by atoms with Crippen molar-refractivity contribution in [2.24, 2.45) is 0 Å². The lowest BCUT2D eigenvalue weighted by Crippen LogP contribution is -1.93. The van der Waals surface area contributed by atoms with Crippen LogP contribution in [0.15, 0.2) is 42.9 Å². The van der Waals surface area contributed by atoms with E-state index in [9.17, 15) is 5.11 Å². The third-order valence-corrected chi connectivity index (χ3v) is 3.10. The van der Waals surface area contributed by atoms with Crippen molar-refractivity contribution in [2.75, 3.05) is 0 Å². The second kappa shape index (κ2) is 4.40. The van der Waals surface area contributed by atoms with E-state index < -0.39 is 0 Å². The molecule has 5 heteroatoms. The molecule has 0 aliphatic carbocycles. The number of halogens is 1. The smallest absolute Gasteiger partial charge is 0.156 e. The first kappa shape index (κ1) is 11.2. The van der Waals surface area contributed by atoms with Gasteiger partial charge in [0.05, 0.1) is 23.0 Å². The lowest BCUT2D eigenvalue weighted by Gasteiger charge is -2.01. The fourth-order valence-electron chi connectivity index (χ4n) is 1.98. The van der Waals surface area contributed by atoms with Crippen LogP contribution in [0.3, 0.4) is 0 Å². The van der Waals surface area contributed by atoms with Crippen LogP contribution < -0.4 is 0 Å². The van der Waals surface area contributed by atoms with E-state index in [0.717, 1.165) is 17.0 Å². The quantitative estimate of drug-likeness (QED) is 0.769. The standard InChI is InChI=1S/C13H10ClN3O/c14-10-2-1-7-17-11(8-18)12(16-13(10)17)9-3-5-15-6-4-9/h1-7,18H,8H2. The van der Waals surface area contributed by atoms with Gasteiger partial charge in [0.2, 0.25) is 0 Å². The lowest BCUT2D eigenvalue weighted by atomic mass is 10.1. The first-order valence-electron chi connectivity index (χ1n) is 5.48. The van der Waals surface area contributed by atoms with E-state index in [-0.39, 0.29) is 6.61 Å². The minimum atomic E-state index is -0.0981. The van der Waals surface area contributed by atoms with Crippen LogP contribution >= 0.6 is 11.6 Å². The van der Waals surface area contributed by atoms with Crippen molar-refractivity contribution in [3.8, 4) is 11.3 Å². The van der Waals surface area contributed by atoms with Gasteiger partial charge in [-0.05, 0) is 24.3 Å². The van der Waals surface area contributed by atoms with Gasteiger partial charge in [0.25, 0.3) is 0 Å². The Kier molecular flexibility index (Phi) is 2.74. The molecule has 3 aromatic rings. The van der Waals surface area contributed by atoms with E-state index in [1.54, 1.807) is 22.9 Å². The molecule has 3 heterocycles. The molecular weight excluding hydrogens is 250 g/mol. The summed E-state index contributed by atoms with van der Waals surface area (Å²) in [6, 6.07) is 7.32. The van der Waals surface area contributed by atoms with Gasteiger partial charge in [-0.2, -0.15) is 0 Å². The molecular formula is C13H10ClN3O. The number of nitrogens with zero attached hydrogens (tertiary/aromatic N) is 3. The van der Waals surface area contributed by atoms with Crippen LogP contribution in [0.4, 0.5) is 0 Å². The molecule has 0 aromatic carbocycles. The average Bonchev–Trinajstić information content (AvgIpc) is 2.80. The number of aliphatic hydroxyl groups is 1. The molecule has 0 aliphatic rings. The number of aliphatic hydroxyl groups excluding tert-OH is 1. The summed E-state index contributed by atoms with van der Waals surface area (Å²) >= 11 is 6.11. The Morgan fingerprint density at radius 2 is 2.00 bits per heavy atom. The molecule has 3 rings (SSSR count). The van der Waals surface area contributed by atoms with E-state index in [1.807, 2.05) is 24.4 Å². The number of aromatic nitrogens is 3. The lowest BCUT2D eigenvalue weighted by molar-refractivity contribution is 0.276. The molecule has 0 saturated heterocycles. The van der Waals surface area contributed by atoms with Gasteiger partial charge in [0.1, 0.15) is 0 Å². The summed E-state index contributed by atoms with van der Waals surface area (Å²) < 4.78 is 1.80. The third kappa shape index (κ3) is 1.66. The Morgan fingerprint density at radius 3 is 2.72 bits per heavy atom. The Hall–Kier alpha value is -1.91. The topological polar surface area (TPSA) is 50.4 Å². The van der Waals surface area contributed by atoms with Gasteiger partial charge in [0.15, 0.2) is 5.65 Å². The Labute approximate surface area is 109 Å². The van der Waals surface area contributed by atoms with Gasteiger partial charge >= 0.3 is 0 Å². The van der Waals surface area contributed by atoms with Crippen molar-refractivity contribution in [3.05, 3.63) is 53.6 Å². The van der Waals surface area contributed by atoms with Gasteiger partial charge in [0, 0.05) is 24.2 Å². The highest BCUT2D eigenvalue weighted by Gasteiger charge is 2.14. The molecule has 0 bridgehead atoms. The maximum Gasteiger partial charge on any atom is 0.156 e. The second-order valence-corrected chi connectivity index (χ2v) is 4.26. The largest absolute Gasteiger partial charge is 0.390 e. The summed E-state index contributed by atoms with van der Waals surface area (Å²) in [5, 5.41) is 10.1. The predicted octanol–water partition coefficient (Wildman–Crippen LogP) is 2.54. The molecule has 4 nitrogen and oxygen atoms in total. The summed E-state index contributed by atoms with van der Waals surface area (Å²) in [5.41, 5.74) is 3.01. The van der Waals surface area contributed by atoms with Crippen molar-refractivity contribution >= 4 is 17.2 Å². The van der Waals surface area contributed by atoms with Crippen molar-refractivity contribution < 1.29 is 5.11 Å². The van der Waals surface area contributed by atoms with Crippen LogP contribution in [-0.2, 0) is 6.61 Å². The molecule has 0 amide bonds. The Bertz CT molecular complexity index is 694. The van der Waals surface area contributed by atoms with E-state index in [4.69, 9.17) is 11.6 Å². The minimum Gasteiger partial charge on any atom is -0.390 e. The van der Waals surface area contributed by atoms with Crippen molar-refractivity contribution in [2.45, 2.75) is 6.61 Å². The van der Waals surface area contributed by atoms with E-state index in [1.165, 1.54) is 0 Å². The van der Waals surface area contributed by atoms with Crippen LogP contribution in [0.5, 0.6) is 0 Å². The Balaban J connectivity index is 2.33. The van der Waals surface area contributed by atoms with Crippen LogP contribution in [0.25, 0.3) is 16.9 Å². The monoisotopic (exact) mass is 259 g/mol. The maximum absolute atomic E-state index is 9.54. The molecule has 0 spiro atoms. The SMILES string of the molecule is OCc1c(-c2ccncc2)nc2c(Cl)cccn12. The number of hydrogen-bond acceptors (Lipinski definition) is 3. The van der Waals surface area contributed by atoms with Gasteiger partial charge < -0.3 is 5.11 Å². The fourth-order valence-corrected chi connectivity index (χ4v) is 2.18. The molecule has 18 heavy (non-hydrogen) atoms. The fraction of sp³-hybridized carbons (Fsp3) is 0.0769. The van der Waals surface area contributed by atoms with Crippen LogP contribution in [0, 0.1) is 0 Å². The molecule has 1 N–H and O–H groups in total. The number of imidazole rings is 1. The molecule has 0 radical (unpaired) electrons. The zero-order valence-corrected chi connectivity index (χ0v) is 10.2. The first-order valence-corrected chi connectivity index (χ1v) is 5.86. The van der Waals surface area contributed by atoms with Gasteiger partial charge in [-0.15, -0.1) is 0 Å². The van der Waals surface area contributed by atoms with E-state index in [0.29, 0.717) is 10.7 Å². The van der Waals surface area contributed by atoms with Gasteiger partial charge in [-0.1, -0.05) is 11.6 Å². The summed E-state index contributed by atoms with van der Waals surface area (Å²) in [4.78, 5) is 8.47. The van der Waals surface area contributed by atoms with Gasteiger partial charge in [-0.25, -0.2) is 4.98 Å². The summed E-state index contributed by atoms with van der Waals surface area (Å²) in [7, 11) is 0. The highest BCUT2D eigenvalue weighted by molar-refractivity contribution is 6.33. The van der Waals surface area contributed by atoms with Crippen molar-refractivity contribution in [1.29, 1.82) is 0 Å². The van der Waals surface area contributed by atoms with Crippen molar-refractivity contribution in [1.82, 2.24) is 14.4 Å². The third-order valence-electron chi connectivity index (χ3n) is 2.80. The molecule has 0 atom stereocenters. The highest BCUT2D eigenvalue weighted by Crippen LogP contribution is 2.27. The summed E-state index contributed by atoms with van der Waals surface area (Å²) in [6.07, 6.45) is 5.23. The molecule has 0 saturated carbocycles. The molecule has 3 aromatic heterocycles. The van der Waals surface area contributed by atoms with Gasteiger partial charge in [-0.3, -0.25) is 9.38 Å². The molecule has 0 aliphatic heterocycles. The normalized spacial score (nSPS) is 11.0. The number of rotatable bonds is 2. The minimum absolute atomic E-state index is 0.0981. The maximum atomic E-state index is 9.54. The molecule has 0 unspecified atom stereocenters. The summed E-state index contributed by atoms with van der Waals surface area (Å²) in [6.45, 7) is -0.0981. The number of fused-ring (bicyclic) bond motifs is 1. The average molecular weight is 260 g/mol. The van der Waals surface area contributed by atoms with Crippen LogP contribution in [0.2, 0.25) is 5.02 Å². The van der Waals surface area contributed by atoms with Crippen LogP contribution in [-0.4, -0.2) is 19.5 Å². The highest BCUT2D eigenvalue weighted by atomic mass is 35.5. The predicted molar refractivity (Wildman–Crippen MR) is 69.4 cm³/mol. The zero-order chi connectivity index (χ0) is 12.5. The van der Waals surface area contributed by atoms with E-state index >= 15 is 0 Å². The van der Waals surface area contributed by atoms with Crippen molar-refractivity contribution in [3.63, 3.8) is 0 Å². The van der Waals surface area contributed by atoms with E-state index in [2.05, 4.69) is 9.97 Å². The zero-order valence-electron chi connectivity index (χ0n) is 9.42. The number of pyridine rings is 2. The summed E-state index contributed by atoms with van der Waals surface area (Å²) in [5.74, 6) is 0. The first-order chi connectivity index (χ1) is 8.81. The molecule has 90 valence electrons. The number of hydrogen-bond donors (Lipinski definition) is 1.